The molecule has 1 aromatic heterocycles. The van der Waals surface area contributed by atoms with Crippen molar-refractivity contribution in [2.45, 2.75) is 18.5 Å². The maximum absolute atomic E-state index is 13.0. The number of hydrogen-bond acceptors (Lipinski definition) is 5. The van der Waals surface area contributed by atoms with Crippen LogP contribution in [0.5, 0.6) is 5.75 Å². The number of carbonyl (C=O) groups excluding carboxylic acids is 1. The molecule has 8 heteroatoms. The summed E-state index contributed by atoms with van der Waals surface area (Å²) in [5, 5.41) is 10.0. The van der Waals surface area contributed by atoms with Crippen molar-refractivity contribution in [2.24, 2.45) is 4.99 Å². The molecule has 2 aliphatic rings. The number of aromatic nitrogens is 1. The number of urea groups is 1. The van der Waals surface area contributed by atoms with E-state index >= 15 is 0 Å². The molecule has 5 rings (SSSR count). The molecule has 1 saturated heterocycles. The number of rotatable bonds is 4. The Labute approximate surface area is 192 Å². The van der Waals surface area contributed by atoms with Crippen LogP contribution in [0.1, 0.15) is 12.0 Å². The molecule has 3 heterocycles. The number of hydrogen-bond donors (Lipinski definition) is 3. The third kappa shape index (κ3) is 4.32. The lowest BCUT2D eigenvalue weighted by molar-refractivity contribution is 0.221. The highest BCUT2D eigenvalue weighted by Gasteiger charge is 2.47. The quantitative estimate of drug-likeness (QED) is 0.563. The molecule has 2 aliphatic heterocycles. The fraction of sp³-hybridized carbons (Fsp3) is 0.240. The second-order valence-corrected chi connectivity index (χ2v) is 8.21. The van der Waals surface area contributed by atoms with Crippen molar-refractivity contribution in [3.8, 4) is 5.75 Å². The van der Waals surface area contributed by atoms with Crippen LogP contribution in [0.25, 0.3) is 0 Å². The number of amidine groups is 1. The molecule has 1 fully saturated rings. The Hall–Kier alpha value is -4.07. The highest BCUT2D eigenvalue weighted by molar-refractivity contribution is 6.09. The van der Waals surface area contributed by atoms with Gasteiger partial charge in [-0.2, -0.15) is 0 Å². The third-order valence-electron chi connectivity index (χ3n) is 6.03. The lowest BCUT2D eigenvalue weighted by Crippen LogP contribution is -2.55. The molecule has 0 radical (unpaired) electrons. The van der Waals surface area contributed by atoms with Gasteiger partial charge in [0.25, 0.3) is 0 Å². The highest BCUT2D eigenvalue weighted by atomic mass is 16.5. The lowest BCUT2D eigenvalue weighted by atomic mass is 9.93. The molecule has 168 valence electrons. The number of anilines is 3. The Balaban J connectivity index is 1.36. The third-order valence-corrected chi connectivity index (χ3v) is 6.03. The molecule has 0 aliphatic carbocycles. The van der Waals surface area contributed by atoms with Crippen LogP contribution >= 0.6 is 0 Å². The molecule has 3 N–H and O–H groups in total. The molecule has 2 aromatic carbocycles. The summed E-state index contributed by atoms with van der Waals surface area (Å²) in [6, 6.07) is 21.2. The lowest BCUT2D eigenvalue weighted by Gasteiger charge is -2.38. The first-order chi connectivity index (χ1) is 16.1. The minimum Gasteiger partial charge on any atom is -0.497 e. The van der Waals surface area contributed by atoms with Crippen LogP contribution in [0.4, 0.5) is 22.0 Å². The molecule has 0 unspecified atom stereocenters. The zero-order valence-corrected chi connectivity index (χ0v) is 18.4. The molecule has 8 nitrogen and oxygen atoms in total. The number of nitrogens with zero attached hydrogens (tertiary/aromatic N) is 3. The number of likely N-dealkylation sites (tertiary alicyclic amines) is 1. The number of nitrogens with one attached hydrogen (secondary N) is 3. The van der Waals surface area contributed by atoms with Crippen molar-refractivity contribution >= 4 is 29.1 Å². The van der Waals surface area contributed by atoms with Crippen molar-refractivity contribution in [3.63, 3.8) is 0 Å². The predicted octanol–water partition coefficient (Wildman–Crippen LogP) is 4.20. The molecular weight excluding hydrogens is 416 g/mol. The summed E-state index contributed by atoms with van der Waals surface area (Å²) in [6.07, 6.45) is 2.49. The van der Waals surface area contributed by atoms with Crippen molar-refractivity contribution in [1.82, 2.24) is 9.88 Å². The summed E-state index contributed by atoms with van der Waals surface area (Å²) >= 11 is 0. The van der Waals surface area contributed by atoms with Gasteiger partial charge < -0.3 is 25.6 Å². The second kappa shape index (κ2) is 8.82. The van der Waals surface area contributed by atoms with Crippen LogP contribution in [-0.4, -0.2) is 47.5 Å². The maximum Gasteiger partial charge on any atom is 0.321 e. The van der Waals surface area contributed by atoms with E-state index in [1.54, 1.807) is 13.3 Å². The minimum absolute atomic E-state index is 0.141. The van der Waals surface area contributed by atoms with Crippen molar-refractivity contribution in [3.05, 3.63) is 78.5 Å². The standard InChI is InChI=1S/C25H26N6O2/c1-33-20-11-9-19(10-12-20)28-24(32)31-15-13-25(17-31)23(27-16-18-6-3-2-4-7-18)29-22-21(30-25)8-5-14-26-22/h2-12,14,30H,13,15-17H2,1H3,(H,28,32)(H,26,27,29)/t25-/m0/s1. The summed E-state index contributed by atoms with van der Waals surface area (Å²) in [7, 11) is 1.62. The first-order valence-corrected chi connectivity index (χ1v) is 10.9. The Morgan fingerprint density at radius 3 is 2.76 bits per heavy atom. The van der Waals surface area contributed by atoms with E-state index in [9.17, 15) is 4.79 Å². The maximum atomic E-state index is 13.0. The molecule has 33 heavy (non-hydrogen) atoms. The Bertz CT molecular complexity index is 1170. The van der Waals surface area contributed by atoms with Crippen LogP contribution in [0.2, 0.25) is 0 Å². The van der Waals surface area contributed by atoms with Crippen LogP contribution in [0, 0.1) is 0 Å². The zero-order valence-electron chi connectivity index (χ0n) is 18.4. The van der Waals surface area contributed by atoms with E-state index in [0.29, 0.717) is 19.6 Å². The van der Waals surface area contributed by atoms with Gasteiger partial charge in [-0.25, -0.2) is 9.78 Å². The first-order valence-electron chi connectivity index (χ1n) is 10.9. The van der Waals surface area contributed by atoms with Gasteiger partial charge in [-0.05, 0) is 48.4 Å². The number of ether oxygens (including phenoxy) is 1. The van der Waals surface area contributed by atoms with Crippen LogP contribution in [0.3, 0.4) is 0 Å². The average molecular weight is 443 g/mol. The second-order valence-electron chi connectivity index (χ2n) is 8.21. The molecule has 0 saturated carbocycles. The van der Waals surface area contributed by atoms with Crippen molar-refractivity contribution in [1.29, 1.82) is 0 Å². The van der Waals surface area contributed by atoms with E-state index in [4.69, 9.17) is 9.73 Å². The largest absolute Gasteiger partial charge is 0.497 e. The summed E-state index contributed by atoms with van der Waals surface area (Å²) in [6.45, 7) is 1.65. The smallest absolute Gasteiger partial charge is 0.321 e. The SMILES string of the molecule is COc1ccc(NC(=O)N2CC[C@@]3(C2)Nc2cccnc2NC3=NCc2ccccc2)cc1. The van der Waals surface area contributed by atoms with E-state index in [1.807, 2.05) is 59.5 Å². The van der Waals surface area contributed by atoms with Gasteiger partial charge in [-0.3, -0.25) is 4.99 Å². The van der Waals surface area contributed by atoms with Gasteiger partial charge in [0.2, 0.25) is 0 Å². The Kier molecular flexibility index (Phi) is 5.56. The van der Waals surface area contributed by atoms with E-state index in [1.165, 1.54) is 0 Å². The van der Waals surface area contributed by atoms with Gasteiger partial charge in [0.05, 0.1) is 25.9 Å². The van der Waals surface area contributed by atoms with E-state index in [-0.39, 0.29) is 6.03 Å². The minimum atomic E-state index is -0.498. The Morgan fingerprint density at radius 1 is 1.15 bits per heavy atom. The number of carbonyl (C=O) groups is 1. The van der Waals surface area contributed by atoms with Gasteiger partial charge in [-0.15, -0.1) is 0 Å². The number of fused-ring (bicyclic) bond motifs is 1. The molecule has 0 bridgehead atoms. The Morgan fingerprint density at radius 2 is 1.97 bits per heavy atom. The molecule has 3 aromatic rings. The first kappa shape index (κ1) is 20.8. The highest BCUT2D eigenvalue weighted by Crippen LogP contribution is 2.35. The van der Waals surface area contributed by atoms with Crippen molar-refractivity contribution in [2.75, 3.05) is 36.1 Å². The molecule has 1 atom stereocenters. The van der Waals surface area contributed by atoms with Crippen LogP contribution in [0.15, 0.2) is 77.9 Å². The van der Waals surface area contributed by atoms with Crippen molar-refractivity contribution < 1.29 is 9.53 Å². The monoisotopic (exact) mass is 442 g/mol. The topological polar surface area (TPSA) is 90.9 Å². The van der Waals surface area contributed by atoms with Gasteiger partial charge in [-0.1, -0.05) is 30.3 Å². The summed E-state index contributed by atoms with van der Waals surface area (Å²) in [5.41, 5.74) is 2.26. The predicted molar refractivity (Wildman–Crippen MR) is 130 cm³/mol. The van der Waals surface area contributed by atoms with E-state index < -0.39 is 5.54 Å². The summed E-state index contributed by atoms with van der Waals surface area (Å²) in [5.74, 6) is 2.30. The number of methoxy groups -OCH3 is 1. The fourth-order valence-electron chi connectivity index (χ4n) is 4.25. The van der Waals surface area contributed by atoms with Gasteiger partial charge in [0, 0.05) is 18.4 Å². The summed E-state index contributed by atoms with van der Waals surface area (Å²) in [4.78, 5) is 24.2. The van der Waals surface area contributed by atoms with Gasteiger partial charge >= 0.3 is 6.03 Å². The number of pyridine rings is 1. The van der Waals surface area contributed by atoms with Gasteiger partial charge in [0.1, 0.15) is 17.1 Å². The van der Waals surface area contributed by atoms with Gasteiger partial charge in [0.15, 0.2) is 5.82 Å². The number of benzene rings is 2. The van der Waals surface area contributed by atoms with E-state index in [0.717, 1.165) is 40.8 Å². The van der Waals surface area contributed by atoms with E-state index in [2.05, 4.69) is 33.1 Å². The van der Waals surface area contributed by atoms with Crippen LogP contribution < -0.4 is 20.7 Å². The average Bonchev–Trinajstić information content (AvgIpc) is 3.28. The normalized spacial score (nSPS) is 20.2. The summed E-state index contributed by atoms with van der Waals surface area (Å²) < 4.78 is 5.19. The molecule has 1 spiro atoms. The molecule has 2 amide bonds. The molecular formula is C25H26N6O2. The zero-order chi connectivity index (χ0) is 22.7. The fourth-order valence-corrected chi connectivity index (χ4v) is 4.25. The number of aliphatic imine (C=N–C) groups is 1. The van der Waals surface area contributed by atoms with Crippen LogP contribution in [-0.2, 0) is 6.54 Å². The number of amides is 2.